The van der Waals surface area contributed by atoms with E-state index >= 15 is 0 Å². The van der Waals surface area contributed by atoms with Gasteiger partial charge in [0, 0.05) is 15.3 Å². The highest BCUT2D eigenvalue weighted by Crippen LogP contribution is 2.08. The van der Waals surface area contributed by atoms with Gasteiger partial charge in [0.25, 0.3) is 11.5 Å². The van der Waals surface area contributed by atoms with Gasteiger partial charge in [-0.15, -0.1) is 0 Å². The second-order valence-corrected chi connectivity index (χ2v) is 4.69. The molecule has 1 aromatic heterocycles. The third-order valence-corrected chi connectivity index (χ3v) is 2.89. The summed E-state index contributed by atoms with van der Waals surface area (Å²) >= 11 is 2.13. The fraction of sp³-hybridized carbons (Fsp3) is 0. The van der Waals surface area contributed by atoms with Crippen LogP contribution in [0.2, 0.25) is 0 Å². The van der Waals surface area contributed by atoms with Gasteiger partial charge in [0.05, 0.1) is 0 Å². The van der Waals surface area contributed by atoms with Crippen LogP contribution in [0.4, 0.5) is 5.69 Å². The highest BCUT2D eigenvalue weighted by molar-refractivity contribution is 14.1. The Bertz CT molecular complexity index is 688. The number of nitrogens with one attached hydrogen (secondary N) is 3. The van der Waals surface area contributed by atoms with E-state index in [4.69, 9.17) is 0 Å². The standard InChI is InChI=1S/C11H8IN3O3/c12-7-3-1-6(2-4-7)9(16)14-8-5-13-11(18)15-10(8)17/h1-5H,(H,14,16)(H2,13,15,17,18). The van der Waals surface area contributed by atoms with Crippen molar-refractivity contribution in [1.29, 1.82) is 0 Å². The summed E-state index contributed by atoms with van der Waals surface area (Å²) in [4.78, 5) is 38.3. The lowest BCUT2D eigenvalue weighted by Crippen LogP contribution is -2.26. The van der Waals surface area contributed by atoms with Gasteiger partial charge in [-0.25, -0.2) is 4.79 Å². The molecule has 3 N–H and O–H groups in total. The predicted octanol–water partition coefficient (Wildman–Crippen LogP) is 0.920. The summed E-state index contributed by atoms with van der Waals surface area (Å²) < 4.78 is 1.01. The van der Waals surface area contributed by atoms with E-state index in [0.717, 1.165) is 9.77 Å². The quantitative estimate of drug-likeness (QED) is 0.698. The first-order chi connectivity index (χ1) is 8.56. The van der Waals surface area contributed by atoms with Crippen molar-refractivity contribution < 1.29 is 4.79 Å². The summed E-state index contributed by atoms with van der Waals surface area (Å²) in [6.07, 6.45) is 1.16. The molecular weight excluding hydrogens is 349 g/mol. The molecule has 2 aromatic rings. The number of hydrogen-bond acceptors (Lipinski definition) is 3. The molecule has 0 saturated carbocycles. The van der Waals surface area contributed by atoms with Crippen LogP contribution in [0.5, 0.6) is 0 Å². The Balaban J connectivity index is 2.24. The molecule has 0 spiro atoms. The van der Waals surface area contributed by atoms with Crippen molar-refractivity contribution in [2.45, 2.75) is 0 Å². The first kappa shape index (κ1) is 12.6. The molecule has 7 heteroatoms. The van der Waals surface area contributed by atoms with E-state index in [1.165, 1.54) is 0 Å². The Labute approximate surface area is 115 Å². The van der Waals surface area contributed by atoms with Crippen LogP contribution >= 0.6 is 22.6 Å². The van der Waals surface area contributed by atoms with Gasteiger partial charge >= 0.3 is 5.69 Å². The van der Waals surface area contributed by atoms with E-state index in [0.29, 0.717) is 5.56 Å². The van der Waals surface area contributed by atoms with Crippen molar-refractivity contribution in [1.82, 2.24) is 9.97 Å². The first-order valence-electron chi connectivity index (χ1n) is 4.95. The molecule has 92 valence electrons. The summed E-state index contributed by atoms with van der Waals surface area (Å²) in [6.45, 7) is 0. The van der Waals surface area contributed by atoms with Crippen LogP contribution in [-0.4, -0.2) is 15.9 Å². The number of H-pyrrole nitrogens is 2. The Morgan fingerprint density at radius 1 is 1.17 bits per heavy atom. The van der Waals surface area contributed by atoms with Gasteiger partial charge in [-0.05, 0) is 46.9 Å². The molecule has 2 rings (SSSR count). The number of hydrogen-bond donors (Lipinski definition) is 3. The molecule has 0 bridgehead atoms. The third-order valence-electron chi connectivity index (χ3n) is 2.17. The third kappa shape index (κ3) is 2.86. The number of carbonyl (C=O) groups is 1. The molecule has 0 saturated heterocycles. The average molecular weight is 357 g/mol. The van der Waals surface area contributed by atoms with E-state index in [1.54, 1.807) is 24.3 Å². The maximum Gasteiger partial charge on any atom is 0.325 e. The van der Waals surface area contributed by atoms with E-state index in [1.807, 2.05) is 4.98 Å². The minimum absolute atomic E-state index is 0.00171. The van der Waals surface area contributed by atoms with E-state index in [2.05, 4.69) is 32.9 Å². The second-order valence-electron chi connectivity index (χ2n) is 3.45. The van der Waals surface area contributed by atoms with Crippen molar-refractivity contribution >= 4 is 34.2 Å². The van der Waals surface area contributed by atoms with Crippen molar-refractivity contribution in [3.8, 4) is 0 Å². The highest BCUT2D eigenvalue weighted by Gasteiger charge is 2.08. The van der Waals surface area contributed by atoms with Gasteiger partial charge in [-0.3, -0.25) is 14.6 Å². The molecule has 0 atom stereocenters. The molecule has 0 aliphatic heterocycles. The topological polar surface area (TPSA) is 94.8 Å². The van der Waals surface area contributed by atoms with Crippen LogP contribution in [0, 0.1) is 3.57 Å². The zero-order chi connectivity index (χ0) is 13.1. The molecule has 18 heavy (non-hydrogen) atoms. The fourth-order valence-electron chi connectivity index (χ4n) is 1.30. The maximum absolute atomic E-state index is 11.8. The summed E-state index contributed by atoms with van der Waals surface area (Å²) in [6, 6.07) is 6.87. The van der Waals surface area contributed by atoms with Crippen molar-refractivity contribution in [2.24, 2.45) is 0 Å². The minimum Gasteiger partial charge on any atom is -0.316 e. The van der Waals surface area contributed by atoms with Crippen molar-refractivity contribution in [3.05, 3.63) is 60.4 Å². The molecular formula is C11H8IN3O3. The van der Waals surface area contributed by atoms with E-state index in [9.17, 15) is 14.4 Å². The van der Waals surface area contributed by atoms with Crippen LogP contribution in [0.1, 0.15) is 10.4 Å². The Kier molecular flexibility index (Phi) is 3.60. The second kappa shape index (κ2) is 5.17. The van der Waals surface area contributed by atoms with Crippen LogP contribution in [0.3, 0.4) is 0 Å². The zero-order valence-corrected chi connectivity index (χ0v) is 11.1. The van der Waals surface area contributed by atoms with Crippen LogP contribution in [-0.2, 0) is 0 Å². The molecule has 0 radical (unpaired) electrons. The predicted molar refractivity (Wildman–Crippen MR) is 74.8 cm³/mol. The normalized spacial score (nSPS) is 10.1. The molecule has 0 aliphatic carbocycles. The fourth-order valence-corrected chi connectivity index (χ4v) is 1.66. The SMILES string of the molecule is O=C(Nc1c[nH]c(=O)[nH]c1=O)c1ccc(I)cc1. The molecule has 6 nitrogen and oxygen atoms in total. The molecule has 1 amide bonds. The zero-order valence-electron chi connectivity index (χ0n) is 8.99. The van der Waals surface area contributed by atoms with Crippen LogP contribution in [0.15, 0.2) is 40.1 Å². The first-order valence-corrected chi connectivity index (χ1v) is 6.03. The summed E-state index contributed by atoms with van der Waals surface area (Å²) in [5, 5.41) is 2.42. The number of aromatic amines is 2. The maximum atomic E-state index is 11.8. The average Bonchev–Trinajstić information content (AvgIpc) is 2.33. The van der Waals surface area contributed by atoms with Gasteiger partial charge in [0.1, 0.15) is 5.69 Å². The number of rotatable bonds is 2. The molecule has 1 heterocycles. The lowest BCUT2D eigenvalue weighted by atomic mass is 10.2. The summed E-state index contributed by atoms with van der Waals surface area (Å²) in [5.41, 5.74) is -0.830. The molecule has 1 aromatic carbocycles. The monoisotopic (exact) mass is 357 g/mol. The Morgan fingerprint density at radius 3 is 2.44 bits per heavy atom. The van der Waals surface area contributed by atoms with Gasteiger partial charge in [-0.1, -0.05) is 0 Å². The Hall–Kier alpha value is -1.90. The Morgan fingerprint density at radius 2 is 1.83 bits per heavy atom. The van der Waals surface area contributed by atoms with E-state index < -0.39 is 17.2 Å². The largest absolute Gasteiger partial charge is 0.325 e. The number of carbonyl (C=O) groups excluding carboxylic acids is 1. The van der Waals surface area contributed by atoms with Crippen molar-refractivity contribution in [2.75, 3.05) is 5.32 Å². The van der Waals surface area contributed by atoms with Crippen molar-refractivity contribution in [3.63, 3.8) is 0 Å². The van der Waals surface area contributed by atoms with Gasteiger partial charge in [-0.2, -0.15) is 0 Å². The number of anilines is 1. The van der Waals surface area contributed by atoms with Crippen LogP contribution < -0.4 is 16.6 Å². The summed E-state index contributed by atoms with van der Waals surface area (Å²) in [5.74, 6) is -0.413. The molecule has 0 fully saturated rings. The number of benzene rings is 1. The lowest BCUT2D eigenvalue weighted by molar-refractivity contribution is 0.102. The van der Waals surface area contributed by atoms with Gasteiger partial charge < -0.3 is 10.3 Å². The smallest absolute Gasteiger partial charge is 0.316 e. The number of amides is 1. The molecule has 0 unspecified atom stereocenters. The lowest BCUT2D eigenvalue weighted by Gasteiger charge is -2.03. The van der Waals surface area contributed by atoms with Crippen LogP contribution in [0.25, 0.3) is 0 Å². The van der Waals surface area contributed by atoms with Gasteiger partial charge in [0.15, 0.2) is 0 Å². The number of halogens is 1. The summed E-state index contributed by atoms with van der Waals surface area (Å²) in [7, 11) is 0. The molecule has 0 aliphatic rings. The minimum atomic E-state index is -0.641. The van der Waals surface area contributed by atoms with E-state index in [-0.39, 0.29) is 5.69 Å². The van der Waals surface area contributed by atoms with Gasteiger partial charge in [0.2, 0.25) is 0 Å². The number of aromatic nitrogens is 2. The highest BCUT2D eigenvalue weighted by atomic mass is 127.